The highest BCUT2D eigenvalue weighted by Crippen LogP contribution is 2.47. The zero-order valence-electron chi connectivity index (χ0n) is 33.2. The summed E-state index contributed by atoms with van der Waals surface area (Å²) >= 11 is 0. The number of carbonyl (C=O) groups is 4. The van der Waals surface area contributed by atoms with Gasteiger partial charge in [0.15, 0.2) is 0 Å². The van der Waals surface area contributed by atoms with Crippen LogP contribution in [0.25, 0.3) is 21.7 Å². The Bertz CT molecular complexity index is 2580. The van der Waals surface area contributed by atoms with Crippen LogP contribution in [0.15, 0.2) is 66.9 Å². The Morgan fingerprint density at radius 1 is 1.02 bits per heavy atom. The number of amides is 4. The third-order valence-electron chi connectivity index (χ3n) is 12.0. The highest BCUT2D eigenvalue weighted by Gasteiger charge is 2.63. The van der Waals surface area contributed by atoms with Crippen molar-refractivity contribution in [1.82, 2.24) is 35.0 Å². The van der Waals surface area contributed by atoms with Gasteiger partial charge in [-0.1, -0.05) is 43.2 Å². The number of carbonyl (C=O) groups excluding carboxylic acids is 4. The molecule has 4 aliphatic rings. The first-order valence-electron chi connectivity index (χ1n) is 20.1. The van der Waals surface area contributed by atoms with Crippen molar-refractivity contribution in [2.45, 2.75) is 106 Å². The van der Waals surface area contributed by atoms with Crippen molar-refractivity contribution in [2.75, 3.05) is 6.54 Å². The molecule has 21 heteroatoms. The topological polar surface area (TPSA) is 191 Å². The summed E-state index contributed by atoms with van der Waals surface area (Å²) in [5.74, 6) is -4.50. The standard InChI is InChI=1S/C41H42F5N7O8S/c1-39(16-17-39)62(58,59)51-37(57)40-21-23(40)9-5-3-2-4-6-12-30(47-33(54)29-15-18-53(50-29)38(42)43)36(56)52-22-25(20-32(52)34(55)49-40)60-35-28-11-8-7-10-26(28)27-14-13-24(19-31(27)48-35)61-41(44,45)46/h5,7-11,13-15,18-19,23,25,30,32,38H,2-4,6,12,16-17,20-22H2,1H3,(H,47,54)(H,49,55)(H,51,57)/b9-5-/t23-,25-,30+,32+,40-/m1/s1. The third kappa shape index (κ3) is 8.62. The predicted molar refractivity (Wildman–Crippen MR) is 211 cm³/mol. The Morgan fingerprint density at radius 2 is 1.77 bits per heavy atom. The largest absolute Gasteiger partial charge is 0.573 e. The molecule has 1 saturated heterocycles. The van der Waals surface area contributed by atoms with Gasteiger partial charge in [0.2, 0.25) is 27.7 Å². The molecule has 3 fully saturated rings. The normalized spacial score (nSPS) is 25.8. The Hall–Kier alpha value is -5.86. The number of pyridine rings is 1. The van der Waals surface area contributed by atoms with E-state index in [1.165, 1.54) is 17.9 Å². The predicted octanol–water partition coefficient (Wildman–Crippen LogP) is 5.42. The van der Waals surface area contributed by atoms with Crippen LogP contribution in [0.4, 0.5) is 22.0 Å². The highest BCUT2D eigenvalue weighted by atomic mass is 32.2. The molecule has 2 aromatic heterocycles. The van der Waals surface area contributed by atoms with Gasteiger partial charge in [0.25, 0.3) is 11.8 Å². The van der Waals surface area contributed by atoms with Crippen LogP contribution in [0, 0.1) is 5.92 Å². The van der Waals surface area contributed by atoms with E-state index in [2.05, 4.69) is 30.2 Å². The quantitative estimate of drug-likeness (QED) is 0.111. The van der Waals surface area contributed by atoms with Gasteiger partial charge in [0.1, 0.15) is 35.2 Å². The van der Waals surface area contributed by atoms with E-state index in [4.69, 9.17) is 4.74 Å². The van der Waals surface area contributed by atoms with E-state index in [1.807, 2.05) is 6.08 Å². The van der Waals surface area contributed by atoms with Gasteiger partial charge in [-0.05, 0) is 75.1 Å². The van der Waals surface area contributed by atoms with E-state index in [0.29, 0.717) is 54.7 Å². The molecule has 330 valence electrons. The van der Waals surface area contributed by atoms with Crippen LogP contribution in [0.2, 0.25) is 0 Å². The van der Waals surface area contributed by atoms with Gasteiger partial charge in [0, 0.05) is 35.4 Å². The first-order valence-corrected chi connectivity index (χ1v) is 21.6. The van der Waals surface area contributed by atoms with Crippen molar-refractivity contribution in [3.05, 3.63) is 72.6 Å². The maximum Gasteiger partial charge on any atom is 0.573 e. The number of alkyl halides is 5. The van der Waals surface area contributed by atoms with Crippen LogP contribution in [0.3, 0.4) is 0 Å². The molecule has 8 rings (SSSR count). The van der Waals surface area contributed by atoms with Gasteiger partial charge in [-0.25, -0.2) is 18.1 Å². The number of hydrogen-bond donors (Lipinski definition) is 3. The third-order valence-corrected chi connectivity index (χ3v) is 14.1. The molecule has 0 unspecified atom stereocenters. The molecule has 3 N–H and O–H groups in total. The average Bonchev–Trinajstić information content (AvgIpc) is 3.98. The number of nitrogens with one attached hydrogen (secondary N) is 3. The molecule has 0 spiro atoms. The fraction of sp³-hybridized carbons (Fsp3) is 0.463. The van der Waals surface area contributed by atoms with E-state index in [-0.39, 0.29) is 47.6 Å². The molecule has 2 aliphatic carbocycles. The Balaban J connectivity index is 1.13. The van der Waals surface area contributed by atoms with Crippen molar-refractivity contribution in [3.63, 3.8) is 0 Å². The van der Waals surface area contributed by atoms with Gasteiger partial charge in [-0.3, -0.25) is 23.9 Å². The lowest BCUT2D eigenvalue weighted by Crippen LogP contribution is -2.58. The number of allylic oxidation sites excluding steroid dienone is 1. The molecule has 0 radical (unpaired) electrons. The number of benzene rings is 2. The van der Waals surface area contributed by atoms with Crippen LogP contribution in [-0.2, 0) is 24.4 Å². The summed E-state index contributed by atoms with van der Waals surface area (Å²) < 4.78 is 104. The van der Waals surface area contributed by atoms with E-state index < -0.39 is 86.7 Å². The minimum atomic E-state index is -4.97. The molecule has 0 bridgehead atoms. The molecule has 15 nitrogen and oxygen atoms in total. The number of aromatic nitrogens is 3. The van der Waals surface area contributed by atoms with E-state index in [0.717, 1.165) is 24.4 Å². The molecular formula is C41H42F5N7O8S. The first-order chi connectivity index (χ1) is 29.4. The smallest absolute Gasteiger partial charge is 0.472 e. The SMILES string of the molecule is CC1(S(=O)(=O)NC(=O)[C@@]23C[C@H]2/C=C\CCCCC[C@H](NC(=O)c2ccn(C(F)F)n2)C(=O)N2C[C@H](Oc4nc5cc(OC(F)(F)F)ccc5c5ccccc45)C[C@H]2C(=O)N3)CC1. The Morgan fingerprint density at radius 3 is 2.48 bits per heavy atom. The number of sulfonamides is 1. The minimum absolute atomic E-state index is 0.0284. The van der Waals surface area contributed by atoms with Crippen LogP contribution < -0.4 is 24.8 Å². The van der Waals surface area contributed by atoms with Crippen molar-refractivity contribution in [3.8, 4) is 11.6 Å². The number of rotatable bonds is 9. The number of halogens is 5. The van der Waals surface area contributed by atoms with Crippen LogP contribution in [0.5, 0.6) is 11.6 Å². The second-order valence-electron chi connectivity index (χ2n) is 16.4. The first kappa shape index (κ1) is 42.8. The monoisotopic (exact) mass is 887 g/mol. The summed E-state index contributed by atoms with van der Waals surface area (Å²) in [6.07, 6.45) is 1.47. The summed E-state index contributed by atoms with van der Waals surface area (Å²) in [5.41, 5.74) is -1.96. The zero-order valence-corrected chi connectivity index (χ0v) is 34.0. The lowest BCUT2D eigenvalue weighted by molar-refractivity contribution is -0.274. The summed E-state index contributed by atoms with van der Waals surface area (Å²) in [5, 5.41) is 10.5. The van der Waals surface area contributed by atoms with E-state index >= 15 is 0 Å². The maximum absolute atomic E-state index is 14.7. The van der Waals surface area contributed by atoms with Crippen molar-refractivity contribution < 1.29 is 59.0 Å². The molecule has 2 saturated carbocycles. The summed E-state index contributed by atoms with van der Waals surface area (Å²) in [6, 6.07) is 8.94. The van der Waals surface area contributed by atoms with Crippen LogP contribution >= 0.6 is 0 Å². The number of fused-ring (bicyclic) bond motifs is 5. The maximum atomic E-state index is 14.7. The molecule has 4 amide bonds. The second-order valence-corrected chi connectivity index (χ2v) is 18.6. The summed E-state index contributed by atoms with van der Waals surface area (Å²) in [4.78, 5) is 62.2. The van der Waals surface area contributed by atoms with E-state index in [9.17, 15) is 49.5 Å². The molecular weight excluding hydrogens is 846 g/mol. The number of nitrogens with zero attached hydrogens (tertiary/aromatic N) is 4. The van der Waals surface area contributed by atoms with Gasteiger partial charge in [-0.15, -0.1) is 13.2 Å². The Kier molecular flexibility index (Phi) is 11.1. The molecule has 4 heterocycles. The van der Waals surface area contributed by atoms with Gasteiger partial charge >= 0.3 is 12.9 Å². The van der Waals surface area contributed by atoms with Crippen molar-refractivity contribution in [1.29, 1.82) is 0 Å². The lowest BCUT2D eigenvalue weighted by Gasteiger charge is -2.30. The fourth-order valence-corrected chi connectivity index (χ4v) is 9.41. The van der Waals surface area contributed by atoms with Crippen LogP contribution in [0.1, 0.15) is 81.7 Å². The molecule has 5 atom stereocenters. The fourth-order valence-electron chi connectivity index (χ4n) is 8.10. The molecule has 2 aliphatic heterocycles. The van der Waals surface area contributed by atoms with E-state index in [1.54, 1.807) is 30.3 Å². The summed E-state index contributed by atoms with van der Waals surface area (Å²) in [6.45, 7) is -1.78. The van der Waals surface area contributed by atoms with Gasteiger partial charge < -0.3 is 25.0 Å². The highest BCUT2D eigenvalue weighted by molar-refractivity contribution is 7.91. The number of hydrogen-bond acceptors (Lipinski definition) is 10. The summed E-state index contributed by atoms with van der Waals surface area (Å²) in [7, 11) is -4.11. The van der Waals surface area contributed by atoms with Gasteiger partial charge in [0.05, 0.1) is 16.8 Å². The molecule has 62 heavy (non-hydrogen) atoms. The van der Waals surface area contributed by atoms with Gasteiger partial charge in [-0.2, -0.15) is 13.9 Å². The zero-order chi connectivity index (χ0) is 44.2. The average molecular weight is 888 g/mol. The van der Waals surface area contributed by atoms with Crippen molar-refractivity contribution >= 4 is 55.3 Å². The van der Waals surface area contributed by atoms with Crippen molar-refractivity contribution in [2.24, 2.45) is 5.92 Å². The lowest BCUT2D eigenvalue weighted by atomic mass is 10.0. The second kappa shape index (κ2) is 16.1. The molecule has 2 aromatic carbocycles. The number of ether oxygens (including phenoxy) is 2. The van der Waals surface area contributed by atoms with Crippen LogP contribution in [-0.4, -0.2) is 93.1 Å². The minimum Gasteiger partial charge on any atom is -0.472 e. The molecule has 4 aromatic rings. The Labute approximate surface area is 351 Å².